The minimum Gasteiger partial charge on any atom is -0.115 e. The van der Waals surface area contributed by atoms with E-state index in [1.165, 1.54) is 32.1 Å². The van der Waals surface area contributed by atoms with Crippen LogP contribution in [0.2, 0.25) is 5.82 Å². The predicted octanol–water partition coefficient (Wildman–Crippen LogP) is 2.94. The van der Waals surface area contributed by atoms with E-state index in [1.54, 1.807) is 0 Å². The Labute approximate surface area is 73.5 Å². The molecule has 1 rings (SSSR count). The molecule has 1 saturated carbocycles. The van der Waals surface area contributed by atoms with Gasteiger partial charge in [0.1, 0.15) is 0 Å². The van der Waals surface area contributed by atoms with Crippen molar-refractivity contribution in [3.63, 3.8) is 0 Å². The van der Waals surface area contributed by atoms with Crippen LogP contribution < -0.4 is 0 Å². The van der Waals surface area contributed by atoms with E-state index in [0.29, 0.717) is 0 Å². The Morgan fingerprint density at radius 2 is 1.70 bits per heavy atom. The summed E-state index contributed by atoms with van der Waals surface area (Å²) in [5.41, 5.74) is 0. The number of halogens is 2. The molecule has 0 amide bonds. The van der Waals surface area contributed by atoms with Crippen molar-refractivity contribution in [2.45, 2.75) is 42.7 Å². The summed E-state index contributed by atoms with van der Waals surface area (Å²) in [4.78, 5) is 0. The fourth-order valence-electron chi connectivity index (χ4n) is 1.67. The van der Waals surface area contributed by atoms with Crippen LogP contribution in [0.5, 0.6) is 0 Å². The van der Waals surface area contributed by atoms with Crippen molar-refractivity contribution in [3.8, 4) is 0 Å². The second-order valence-electron chi connectivity index (χ2n) is 3.13. The topological polar surface area (TPSA) is 0 Å². The Morgan fingerprint density at radius 3 is 2.20 bits per heavy atom. The normalized spacial score (nSPS) is 21.5. The van der Waals surface area contributed by atoms with Crippen LogP contribution in [-0.4, -0.2) is 12.0 Å². The van der Waals surface area contributed by atoms with E-state index >= 15 is 0 Å². The zero-order valence-corrected chi connectivity index (χ0v) is 7.67. The van der Waals surface area contributed by atoms with Gasteiger partial charge in [0.15, 0.2) is 7.28 Å². The van der Waals surface area contributed by atoms with Crippen LogP contribution >= 0.6 is 23.2 Å². The fourth-order valence-corrected chi connectivity index (χ4v) is 2.18. The molecule has 1 aliphatic carbocycles. The molecule has 0 bridgehead atoms. The fraction of sp³-hybridized carbons (Fsp3) is 1.00. The third-order valence-electron chi connectivity index (χ3n) is 2.24. The van der Waals surface area contributed by atoms with E-state index < -0.39 is 0 Å². The molecule has 0 aliphatic heterocycles. The van der Waals surface area contributed by atoms with Crippen LogP contribution in [0.1, 0.15) is 32.1 Å². The Balaban J connectivity index is 2.13. The van der Waals surface area contributed by atoms with Gasteiger partial charge in [-0.3, -0.25) is 0 Å². The van der Waals surface area contributed by atoms with Gasteiger partial charge in [0.25, 0.3) is 0 Å². The lowest BCUT2D eigenvalue weighted by atomic mass is 9.60. The van der Waals surface area contributed by atoms with Crippen LogP contribution in [0.3, 0.4) is 0 Å². The van der Waals surface area contributed by atoms with Crippen molar-refractivity contribution in [1.82, 2.24) is 0 Å². The van der Waals surface area contributed by atoms with Crippen LogP contribution in [0, 0.1) is 0 Å². The molecular formula is C7H13BCl2. The van der Waals surface area contributed by atoms with Crippen LogP contribution in [0.25, 0.3) is 0 Å². The predicted molar refractivity (Wildman–Crippen MR) is 49.5 cm³/mol. The molecule has 3 heteroatoms. The monoisotopic (exact) mass is 178 g/mol. The lowest BCUT2D eigenvalue weighted by molar-refractivity contribution is 0.500. The quantitative estimate of drug-likeness (QED) is 0.451. The molecule has 0 aromatic rings. The summed E-state index contributed by atoms with van der Waals surface area (Å²) < 4.78 is -0.136. The molecule has 1 fully saturated rings. The molecule has 0 unspecified atom stereocenters. The first-order valence-electron chi connectivity index (χ1n) is 4.07. The first-order valence-corrected chi connectivity index (χ1v) is 4.94. The van der Waals surface area contributed by atoms with Gasteiger partial charge in [-0.15, -0.1) is 23.2 Å². The molecule has 0 aromatic carbocycles. The van der Waals surface area contributed by atoms with Gasteiger partial charge in [-0.05, 0) is 0 Å². The van der Waals surface area contributed by atoms with Gasteiger partial charge in [0.2, 0.25) is 0 Å². The van der Waals surface area contributed by atoms with E-state index in [1.807, 2.05) is 0 Å². The van der Waals surface area contributed by atoms with E-state index in [4.69, 9.17) is 23.2 Å². The van der Waals surface area contributed by atoms with Gasteiger partial charge >= 0.3 is 0 Å². The van der Waals surface area contributed by atoms with E-state index in [9.17, 15) is 0 Å². The maximum absolute atomic E-state index is 5.68. The summed E-state index contributed by atoms with van der Waals surface area (Å²) in [6, 6.07) is 0. The first-order chi connectivity index (χ1) is 4.79. The lowest BCUT2D eigenvalue weighted by Crippen LogP contribution is -2.13. The summed E-state index contributed by atoms with van der Waals surface area (Å²) in [6.07, 6.45) is 6.86. The molecule has 0 heterocycles. The summed E-state index contributed by atoms with van der Waals surface area (Å²) in [6.45, 7) is 0. The van der Waals surface area contributed by atoms with Gasteiger partial charge in [-0.2, -0.15) is 0 Å². The largest absolute Gasteiger partial charge is 0.166 e. The van der Waals surface area contributed by atoms with Crippen LogP contribution in [0.4, 0.5) is 0 Å². The van der Waals surface area contributed by atoms with Crippen molar-refractivity contribution >= 4 is 30.5 Å². The summed E-state index contributed by atoms with van der Waals surface area (Å²) in [7, 11) is 1.00. The van der Waals surface area contributed by atoms with Crippen molar-refractivity contribution < 1.29 is 0 Å². The second-order valence-corrected chi connectivity index (χ2v) is 4.41. The highest BCUT2D eigenvalue weighted by Crippen LogP contribution is 2.29. The van der Waals surface area contributed by atoms with E-state index in [0.717, 1.165) is 13.1 Å². The molecule has 58 valence electrons. The third-order valence-corrected chi connectivity index (χ3v) is 2.59. The summed E-state index contributed by atoms with van der Waals surface area (Å²) in [5, 5.41) is 0. The number of hydrogen-bond donors (Lipinski definition) is 0. The molecule has 0 atom stereocenters. The Bertz CT molecular complexity index is 89.6. The van der Waals surface area contributed by atoms with E-state index in [-0.39, 0.29) is 4.74 Å². The number of alkyl halides is 2. The molecule has 10 heavy (non-hydrogen) atoms. The molecule has 1 aliphatic rings. The van der Waals surface area contributed by atoms with Gasteiger partial charge in [-0.25, -0.2) is 0 Å². The van der Waals surface area contributed by atoms with Gasteiger partial charge in [0, 0.05) is 0 Å². The first kappa shape index (κ1) is 8.74. The molecule has 0 aromatic heterocycles. The lowest BCUT2D eigenvalue weighted by Gasteiger charge is -2.20. The van der Waals surface area contributed by atoms with Crippen molar-refractivity contribution in [2.75, 3.05) is 0 Å². The maximum Gasteiger partial charge on any atom is 0.166 e. The van der Waals surface area contributed by atoms with Crippen molar-refractivity contribution in [1.29, 1.82) is 0 Å². The molecule has 0 nitrogen and oxygen atoms in total. The molecule has 0 N–H and O–H groups in total. The Kier molecular flexibility index (Phi) is 3.94. The zero-order chi connectivity index (χ0) is 7.40. The Hall–Kier alpha value is 0.645. The second kappa shape index (κ2) is 4.51. The third kappa shape index (κ3) is 3.16. The maximum atomic E-state index is 5.68. The number of hydrogen-bond acceptors (Lipinski definition) is 0. The molecule has 0 spiro atoms. The van der Waals surface area contributed by atoms with Gasteiger partial charge in [-0.1, -0.05) is 37.9 Å². The van der Waals surface area contributed by atoms with Crippen LogP contribution in [-0.2, 0) is 0 Å². The van der Waals surface area contributed by atoms with Crippen LogP contribution in [0.15, 0.2) is 0 Å². The number of rotatable bonds is 2. The highest BCUT2D eigenvalue weighted by molar-refractivity contribution is 6.69. The average molecular weight is 179 g/mol. The highest BCUT2D eigenvalue weighted by Gasteiger charge is 2.17. The molecule has 0 radical (unpaired) electrons. The standard InChI is InChI=1S/C7H13BCl2/c9-7(10)8-6-4-2-1-3-5-6/h6-8H,1-5H2. The zero-order valence-electron chi connectivity index (χ0n) is 6.15. The minimum absolute atomic E-state index is 0.136. The molecular weight excluding hydrogens is 166 g/mol. The van der Waals surface area contributed by atoms with Gasteiger partial charge < -0.3 is 0 Å². The smallest absolute Gasteiger partial charge is 0.115 e. The van der Waals surface area contributed by atoms with Crippen molar-refractivity contribution in [3.05, 3.63) is 0 Å². The summed E-state index contributed by atoms with van der Waals surface area (Å²) in [5.74, 6) is 0.814. The average Bonchev–Trinajstić information content (AvgIpc) is 1.88. The Morgan fingerprint density at radius 1 is 1.10 bits per heavy atom. The highest BCUT2D eigenvalue weighted by atomic mass is 35.5. The van der Waals surface area contributed by atoms with E-state index in [2.05, 4.69) is 0 Å². The minimum atomic E-state index is -0.136. The summed E-state index contributed by atoms with van der Waals surface area (Å²) >= 11 is 11.4. The SMILES string of the molecule is ClC(Cl)BC1CCCCC1. The van der Waals surface area contributed by atoms with Gasteiger partial charge in [0.05, 0.1) is 4.74 Å². The van der Waals surface area contributed by atoms with Crippen molar-refractivity contribution in [2.24, 2.45) is 0 Å². The molecule has 0 saturated heterocycles.